The average Bonchev–Trinajstić information content (AvgIpc) is 3.50. The van der Waals surface area contributed by atoms with Crippen LogP contribution in [0.5, 0.6) is 23.0 Å². The van der Waals surface area contributed by atoms with E-state index in [0.717, 1.165) is 29.8 Å². The molecular formula is C33H31F2N3O11S3. The zero-order valence-corrected chi connectivity index (χ0v) is 30.2. The molecule has 0 amide bonds. The lowest BCUT2D eigenvalue weighted by molar-refractivity contribution is -0.145. The number of hydrogen-bond acceptors (Lipinski definition) is 13. The SMILES string of the molecule is COc1ccnc(CS(=O)c2nc3ccc(OC(F)F)cc3n2S(=O)(=O)c2ccc(OCC(=O)OCCS(=O)(=O)c3ccc(C)cc3)cc2)c1OC. The Morgan fingerprint density at radius 1 is 0.904 bits per heavy atom. The number of nitrogens with zero attached hydrogens (tertiary/aromatic N) is 3. The Morgan fingerprint density at radius 2 is 1.58 bits per heavy atom. The number of hydrogen-bond donors (Lipinski definition) is 0. The molecule has 0 spiro atoms. The van der Waals surface area contributed by atoms with Gasteiger partial charge in [0.25, 0.3) is 10.0 Å². The van der Waals surface area contributed by atoms with Crippen LogP contribution in [0, 0.1) is 6.92 Å². The van der Waals surface area contributed by atoms with Crippen LogP contribution in [0.1, 0.15) is 11.3 Å². The molecule has 5 aromatic rings. The lowest BCUT2D eigenvalue weighted by atomic mass is 10.2. The van der Waals surface area contributed by atoms with Crippen LogP contribution in [0.4, 0.5) is 8.78 Å². The highest BCUT2D eigenvalue weighted by Crippen LogP contribution is 2.33. The van der Waals surface area contributed by atoms with Gasteiger partial charge in [-0.25, -0.2) is 30.6 Å². The third kappa shape index (κ3) is 8.65. The maximum absolute atomic E-state index is 14.1. The van der Waals surface area contributed by atoms with E-state index in [9.17, 15) is 34.6 Å². The minimum absolute atomic E-state index is 0.0178. The van der Waals surface area contributed by atoms with Crippen LogP contribution in [-0.2, 0) is 45.9 Å². The summed E-state index contributed by atoms with van der Waals surface area (Å²) in [6.45, 7) is -2.41. The van der Waals surface area contributed by atoms with Crippen molar-refractivity contribution in [2.45, 2.75) is 34.2 Å². The van der Waals surface area contributed by atoms with Crippen molar-refractivity contribution in [1.29, 1.82) is 0 Å². The molecule has 52 heavy (non-hydrogen) atoms. The highest BCUT2D eigenvalue weighted by atomic mass is 32.2. The number of aryl methyl sites for hydroxylation is 1. The highest BCUT2D eigenvalue weighted by molar-refractivity contribution is 7.91. The number of esters is 1. The maximum atomic E-state index is 14.1. The fraction of sp³-hybridized carbons (Fsp3) is 0.242. The van der Waals surface area contributed by atoms with Crippen LogP contribution in [0.15, 0.2) is 93.9 Å². The van der Waals surface area contributed by atoms with E-state index in [2.05, 4.69) is 14.7 Å². The van der Waals surface area contributed by atoms with Crippen molar-refractivity contribution in [2.24, 2.45) is 0 Å². The van der Waals surface area contributed by atoms with Gasteiger partial charge in [-0.05, 0) is 55.5 Å². The molecule has 5 rings (SSSR count). The van der Waals surface area contributed by atoms with E-state index in [1.54, 1.807) is 12.1 Å². The lowest BCUT2D eigenvalue weighted by Crippen LogP contribution is -2.20. The molecule has 0 saturated heterocycles. The largest absolute Gasteiger partial charge is 0.493 e. The van der Waals surface area contributed by atoms with Gasteiger partial charge in [0.2, 0.25) is 5.16 Å². The van der Waals surface area contributed by atoms with Gasteiger partial charge < -0.3 is 23.7 Å². The first-order chi connectivity index (χ1) is 24.7. The molecule has 0 saturated carbocycles. The molecule has 1 unspecified atom stereocenters. The third-order valence-corrected chi connectivity index (χ3v) is 12.1. The van der Waals surface area contributed by atoms with E-state index in [0.29, 0.717) is 9.72 Å². The summed E-state index contributed by atoms with van der Waals surface area (Å²) in [6, 6.07) is 16.0. The predicted octanol–water partition coefficient (Wildman–Crippen LogP) is 4.30. The molecule has 0 bridgehead atoms. The molecule has 14 nitrogen and oxygen atoms in total. The molecule has 0 aliphatic rings. The molecule has 0 radical (unpaired) electrons. The van der Waals surface area contributed by atoms with Gasteiger partial charge in [0.1, 0.15) is 18.1 Å². The van der Waals surface area contributed by atoms with Crippen molar-refractivity contribution in [3.8, 4) is 23.0 Å². The number of aromatic nitrogens is 3. The Labute approximate surface area is 299 Å². The highest BCUT2D eigenvalue weighted by Gasteiger charge is 2.29. The second kappa shape index (κ2) is 16.0. The van der Waals surface area contributed by atoms with Crippen molar-refractivity contribution in [2.75, 3.05) is 33.2 Å². The molecule has 0 N–H and O–H groups in total. The van der Waals surface area contributed by atoms with Gasteiger partial charge in [-0.1, -0.05) is 17.7 Å². The van der Waals surface area contributed by atoms with E-state index in [1.807, 2.05) is 6.92 Å². The summed E-state index contributed by atoms with van der Waals surface area (Å²) >= 11 is 0. The Balaban J connectivity index is 1.35. The zero-order chi connectivity index (χ0) is 37.6. The van der Waals surface area contributed by atoms with Crippen molar-refractivity contribution in [1.82, 2.24) is 13.9 Å². The monoisotopic (exact) mass is 779 g/mol. The molecule has 276 valence electrons. The second-order valence-electron chi connectivity index (χ2n) is 10.8. The van der Waals surface area contributed by atoms with Gasteiger partial charge in [0.05, 0.1) is 63.0 Å². The summed E-state index contributed by atoms with van der Waals surface area (Å²) in [4.78, 5) is 20.5. The summed E-state index contributed by atoms with van der Waals surface area (Å²) in [5.41, 5.74) is 0.884. The van der Waals surface area contributed by atoms with E-state index in [-0.39, 0.29) is 49.5 Å². The van der Waals surface area contributed by atoms with Gasteiger partial charge in [0, 0.05) is 18.3 Å². The predicted molar refractivity (Wildman–Crippen MR) is 183 cm³/mol. The number of carbonyl (C=O) groups excluding carboxylic acids is 1. The number of ether oxygens (including phenoxy) is 5. The molecule has 0 fully saturated rings. The smallest absolute Gasteiger partial charge is 0.387 e. The average molecular weight is 780 g/mol. The van der Waals surface area contributed by atoms with Crippen LogP contribution < -0.4 is 18.9 Å². The number of methoxy groups -OCH3 is 2. The molecular weight excluding hydrogens is 749 g/mol. The number of imidazole rings is 1. The first-order valence-corrected chi connectivity index (χ1v) is 19.5. The molecule has 0 aliphatic carbocycles. The quantitative estimate of drug-likeness (QED) is 0.130. The molecule has 0 aliphatic heterocycles. The van der Waals surface area contributed by atoms with Gasteiger partial charge in [-0.15, -0.1) is 0 Å². The fourth-order valence-corrected chi connectivity index (χ4v) is 8.87. The molecule has 2 heterocycles. The summed E-state index contributed by atoms with van der Waals surface area (Å²) in [5, 5.41) is -0.441. The number of pyridine rings is 1. The summed E-state index contributed by atoms with van der Waals surface area (Å²) in [5.74, 6) is -1.51. The van der Waals surface area contributed by atoms with Crippen LogP contribution in [0.2, 0.25) is 0 Å². The molecule has 1 atom stereocenters. The van der Waals surface area contributed by atoms with Crippen molar-refractivity contribution in [3.05, 3.63) is 90.3 Å². The number of benzene rings is 3. The van der Waals surface area contributed by atoms with Crippen molar-refractivity contribution in [3.63, 3.8) is 0 Å². The van der Waals surface area contributed by atoms with Crippen LogP contribution in [-0.4, -0.2) is 80.8 Å². The number of rotatable bonds is 16. The van der Waals surface area contributed by atoms with Crippen LogP contribution >= 0.6 is 0 Å². The first kappa shape index (κ1) is 38.1. The van der Waals surface area contributed by atoms with Crippen molar-refractivity contribution < 1.29 is 58.3 Å². The number of alkyl halides is 2. The minimum atomic E-state index is -4.63. The van der Waals surface area contributed by atoms with Crippen LogP contribution in [0.3, 0.4) is 0 Å². The third-order valence-electron chi connectivity index (χ3n) is 7.33. The van der Waals surface area contributed by atoms with E-state index in [4.69, 9.17) is 18.9 Å². The normalized spacial score (nSPS) is 12.4. The van der Waals surface area contributed by atoms with Crippen LogP contribution in [0.25, 0.3) is 11.0 Å². The van der Waals surface area contributed by atoms with Gasteiger partial charge in [0.15, 0.2) is 27.9 Å². The molecule has 2 aromatic heterocycles. The fourth-order valence-electron chi connectivity index (χ4n) is 4.83. The number of sulfone groups is 1. The Kier molecular flexibility index (Phi) is 11.8. The molecule has 19 heteroatoms. The van der Waals surface area contributed by atoms with E-state index < -0.39 is 67.4 Å². The summed E-state index contributed by atoms with van der Waals surface area (Å²) < 4.78 is 119. The zero-order valence-electron chi connectivity index (χ0n) is 27.7. The van der Waals surface area contributed by atoms with Gasteiger partial charge in [-0.2, -0.15) is 8.78 Å². The first-order valence-electron chi connectivity index (χ1n) is 15.1. The van der Waals surface area contributed by atoms with E-state index >= 15 is 0 Å². The van der Waals surface area contributed by atoms with Gasteiger partial charge in [-0.3, -0.25) is 9.19 Å². The topological polar surface area (TPSA) is 179 Å². The molecule has 3 aromatic carbocycles. The summed E-state index contributed by atoms with van der Waals surface area (Å²) in [6.07, 6.45) is 1.39. The second-order valence-corrected chi connectivity index (χ2v) is 16.0. The number of carbonyl (C=O) groups is 1. The van der Waals surface area contributed by atoms with E-state index in [1.165, 1.54) is 56.8 Å². The number of fused-ring (bicyclic) bond motifs is 1. The standard InChI is InChI=1S/C33H31F2N3O11S3/c1-21-4-9-24(10-5-21)51(41,42)17-16-47-30(39)19-48-22-6-11-25(12-7-22)52(43,44)38-28-18-23(49-32(34)35)8-13-26(28)37-33(38)50(40)20-27-31(46-3)29(45-2)14-15-36-27/h4-15,18,32H,16-17,19-20H2,1-3H3. The lowest BCUT2D eigenvalue weighted by Gasteiger charge is -2.13. The summed E-state index contributed by atoms with van der Waals surface area (Å²) in [7, 11) is -7.76. The Hall–Kier alpha value is -5.14. The number of halogens is 2. The maximum Gasteiger partial charge on any atom is 0.387 e. The van der Waals surface area contributed by atoms with Crippen molar-refractivity contribution >= 4 is 47.7 Å². The van der Waals surface area contributed by atoms with Gasteiger partial charge >= 0.3 is 12.6 Å². The Morgan fingerprint density at radius 3 is 2.23 bits per heavy atom. The minimum Gasteiger partial charge on any atom is -0.493 e. The Bertz CT molecular complexity index is 2320.